The van der Waals surface area contributed by atoms with Gasteiger partial charge in [0.05, 0.1) is 6.61 Å². The van der Waals surface area contributed by atoms with Gasteiger partial charge in [0, 0.05) is 18.0 Å². The lowest BCUT2D eigenvalue weighted by molar-refractivity contribution is 0.178. The first-order valence-electron chi connectivity index (χ1n) is 5.48. The predicted octanol–water partition coefficient (Wildman–Crippen LogP) is 2.76. The molecule has 0 heterocycles. The van der Waals surface area contributed by atoms with Gasteiger partial charge in [-0.3, -0.25) is 0 Å². The van der Waals surface area contributed by atoms with E-state index in [1.807, 2.05) is 14.0 Å². The number of nitrogens with one attached hydrogen (secondary N) is 1. The van der Waals surface area contributed by atoms with Crippen LogP contribution >= 0.6 is 0 Å². The fourth-order valence-electron chi connectivity index (χ4n) is 1.53. The van der Waals surface area contributed by atoms with Gasteiger partial charge in [-0.15, -0.1) is 0 Å². The van der Waals surface area contributed by atoms with Crippen LogP contribution < -0.4 is 10.1 Å². The van der Waals surface area contributed by atoms with Crippen molar-refractivity contribution in [2.75, 3.05) is 20.2 Å². The van der Waals surface area contributed by atoms with E-state index < -0.39 is 0 Å². The van der Waals surface area contributed by atoms with E-state index in [9.17, 15) is 4.39 Å². The third kappa shape index (κ3) is 3.81. The summed E-state index contributed by atoms with van der Waals surface area (Å²) >= 11 is 0. The molecule has 0 aliphatic heterocycles. The van der Waals surface area contributed by atoms with Crippen molar-refractivity contribution < 1.29 is 9.13 Å². The summed E-state index contributed by atoms with van der Waals surface area (Å²) in [4.78, 5) is 0. The SMILES string of the molecule is CNCC(C)(C)COc1cc(F)ccc1C. The molecule has 0 unspecified atom stereocenters. The van der Waals surface area contributed by atoms with E-state index >= 15 is 0 Å². The topological polar surface area (TPSA) is 21.3 Å². The van der Waals surface area contributed by atoms with Crippen molar-refractivity contribution >= 4 is 0 Å². The molecule has 0 amide bonds. The number of halogens is 1. The summed E-state index contributed by atoms with van der Waals surface area (Å²) in [5, 5.41) is 3.12. The van der Waals surface area contributed by atoms with Crippen LogP contribution in [0, 0.1) is 18.2 Å². The Balaban J connectivity index is 2.63. The van der Waals surface area contributed by atoms with Crippen molar-refractivity contribution in [3.8, 4) is 5.75 Å². The van der Waals surface area contributed by atoms with Crippen LogP contribution in [0.25, 0.3) is 0 Å². The number of aryl methyl sites for hydroxylation is 1. The van der Waals surface area contributed by atoms with Gasteiger partial charge >= 0.3 is 0 Å². The lowest BCUT2D eigenvalue weighted by atomic mass is 9.95. The first-order chi connectivity index (χ1) is 7.44. The summed E-state index contributed by atoms with van der Waals surface area (Å²) in [5.74, 6) is 0.371. The van der Waals surface area contributed by atoms with Crippen LogP contribution in [0.15, 0.2) is 18.2 Å². The second-order valence-corrected chi connectivity index (χ2v) is 4.89. The van der Waals surface area contributed by atoms with Gasteiger partial charge in [0.25, 0.3) is 0 Å². The molecule has 0 aliphatic carbocycles. The molecule has 1 N–H and O–H groups in total. The van der Waals surface area contributed by atoms with E-state index in [4.69, 9.17) is 4.74 Å². The zero-order chi connectivity index (χ0) is 12.2. The molecular formula is C13H20FNO. The van der Waals surface area contributed by atoms with E-state index in [1.165, 1.54) is 12.1 Å². The number of ether oxygens (including phenoxy) is 1. The summed E-state index contributed by atoms with van der Waals surface area (Å²) in [6.07, 6.45) is 0. The Morgan fingerprint density at radius 3 is 2.69 bits per heavy atom. The van der Waals surface area contributed by atoms with E-state index in [-0.39, 0.29) is 11.2 Å². The minimum absolute atomic E-state index is 0.0352. The molecule has 2 nitrogen and oxygen atoms in total. The maximum atomic E-state index is 13.0. The lowest BCUT2D eigenvalue weighted by Crippen LogP contribution is -2.32. The fraction of sp³-hybridized carbons (Fsp3) is 0.538. The van der Waals surface area contributed by atoms with Gasteiger partial charge in [0.15, 0.2) is 0 Å². The molecule has 16 heavy (non-hydrogen) atoms. The van der Waals surface area contributed by atoms with Crippen LogP contribution in [-0.2, 0) is 0 Å². The van der Waals surface area contributed by atoms with Crippen LogP contribution in [-0.4, -0.2) is 20.2 Å². The Kier molecular flexibility index (Phi) is 4.30. The smallest absolute Gasteiger partial charge is 0.126 e. The molecular weight excluding hydrogens is 205 g/mol. The zero-order valence-corrected chi connectivity index (χ0v) is 10.4. The molecule has 0 bridgehead atoms. The van der Waals surface area contributed by atoms with Crippen molar-refractivity contribution in [3.05, 3.63) is 29.6 Å². The summed E-state index contributed by atoms with van der Waals surface area (Å²) in [6, 6.07) is 4.61. The maximum absolute atomic E-state index is 13.0. The predicted molar refractivity (Wildman–Crippen MR) is 64.3 cm³/mol. The Morgan fingerprint density at radius 1 is 1.38 bits per heavy atom. The van der Waals surface area contributed by atoms with Gasteiger partial charge in [-0.1, -0.05) is 19.9 Å². The second kappa shape index (κ2) is 5.30. The minimum atomic E-state index is -0.257. The molecule has 1 rings (SSSR count). The Bertz CT molecular complexity index is 350. The summed E-state index contributed by atoms with van der Waals surface area (Å²) in [6.45, 7) is 7.57. The van der Waals surface area contributed by atoms with E-state index in [1.54, 1.807) is 6.07 Å². The summed E-state index contributed by atoms with van der Waals surface area (Å²) in [7, 11) is 1.91. The Morgan fingerprint density at radius 2 is 2.06 bits per heavy atom. The number of hydrogen-bond acceptors (Lipinski definition) is 2. The molecule has 0 saturated heterocycles. The van der Waals surface area contributed by atoms with Crippen LogP contribution in [0.5, 0.6) is 5.75 Å². The monoisotopic (exact) mass is 225 g/mol. The van der Waals surface area contributed by atoms with Gasteiger partial charge in [-0.25, -0.2) is 4.39 Å². The molecule has 1 aromatic carbocycles. The minimum Gasteiger partial charge on any atom is -0.493 e. The van der Waals surface area contributed by atoms with Gasteiger partial charge in [-0.2, -0.15) is 0 Å². The number of benzene rings is 1. The van der Waals surface area contributed by atoms with Crippen molar-refractivity contribution in [3.63, 3.8) is 0 Å². The van der Waals surface area contributed by atoms with Crippen molar-refractivity contribution in [1.82, 2.24) is 5.32 Å². The molecule has 0 saturated carbocycles. The van der Waals surface area contributed by atoms with E-state index in [0.29, 0.717) is 12.4 Å². The van der Waals surface area contributed by atoms with Crippen molar-refractivity contribution in [1.29, 1.82) is 0 Å². The van der Waals surface area contributed by atoms with Crippen LogP contribution in [0.4, 0.5) is 4.39 Å². The molecule has 3 heteroatoms. The highest BCUT2D eigenvalue weighted by Gasteiger charge is 2.18. The number of rotatable bonds is 5. The van der Waals surface area contributed by atoms with Crippen molar-refractivity contribution in [2.45, 2.75) is 20.8 Å². The molecule has 0 spiro atoms. The highest BCUT2D eigenvalue weighted by atomic mass is 19.1. The normalized spacial score (nSPS) is 11.6. The highest BCUT2D eigenvalue weighted by Crippen LogP contribution is 2.22. The van der Waals surface area contributed by atoms with Gasteiger partial charge in [0.2, 0.25) is 0 Å². The molecule has 0 aliphatic rings. The standard InChI is InChI=1S/C13H20FNO/c1-10-5-6-11(14)7-12(10)16-9-13(2,3)8-15-4/h5-7,15H,8-9H2,1-4H3. The number of hydrogen-bond donors (Lipinski definition) is 1. The first kappa shape index (κ1) is 13.0. The zero-order valence-electron chi connectivity index (χ0n) is 10.4. The molecule has 1 aromatic rings. The van der Waals surface area contributed by atoms with E-state index in [2.05, 4.69) is 19.2 Å². The quantitative estimate of drug-likeness (QED) is 0.832. The fourth-order valence-corrected chi connectivity index (χ4v) is 1.53. The molecule has 0 fully saturated rings. The third-order valence-electron chi connectivity index (χ3n) is 2.42. The molecule has 0 aromatic heterocycles. The maximum Gasteiger partial charge on any atom is 0.126 e. The Hall–Kier alpha value is -1.09. The summed E-state index contributed by atoms with van der Waals surface area (Å²) in [5.41, 5.74) is 0.995. The average Bonchev–Trinajstić information content (AvgIpc) is 2.19. The van der Waals surface area contributed by atoms with Crippen molar-refractivity contribution in [2.24, 2.45) is 5.41 Å². The van der Waals surface area contributed by atoms with Crippen LogP contribution in [0.2, 0.25) is 0 Å². The highest BCUT2D eigenvalue weighted by molar-refractivity contribution is 5.32. The van der Waals surface area contributed by atoms with Crippen LogP contribution in [0.3, 0.4) is 0 Å². The van der Waals surface area contributed by atoms with Gasteiger partial charge in [0.1, 0.15) is 11.6 Å². The second-order valence-electron chi connectivity index (χ2n) is 4.89. The Labute approximate surface area is 96.8 Å². The molecule has 90 valence electrons. The van der Waals surface area contributed by atoms with Crippen LogP contribution in [0.1, 0.15) is 19.4 Å². The largest absolute Gasteiger partial charge is 0.493 e. The summed E-state index contributed by atoms with van der Waals surface area (Å²) < 4.78 is 18.7. The first-order valence-corrected chi connectivity index (χ1v) is 5.48. The average molecular weight is 225 g/mol. The van der Waals surface area contributed by atoms with E-state index in [0.717, 1.165) is 12.1 Å². The molecule has 0 atom stereocenters. The van der Waals surface area contributed by atoms with Gasteiger partial charge < -0.3 is 10.1 Å². The lowest BCUT2D eigenvalue weighted by Gasteiger charge is -2.24. The third-order valence-corrected chi connectivity index (χ3v) is 2.42. The van der Waals surface area contributed by atoms with Gasteiger partial charge in [-0.05, 0) is 25.6 Å². The molecule has 0 radical (unpaired) electrons.